The second-order valence-electron chi connectivity index (χ2n) is 9.83. The molecule has 208 valence electrons. The van der Waals surface area contributed by atoms with Gasteiger partial charge in [-0.15, -0.1) is 4.99 Å². The van der Waals surface area contributed by atoms with Crippen LogP contribution >= 0.6 is 0 Å². The Kier molecular flexibility index (Phi) is 8.24. The first-order valence-corrected chi connectivity index (χ1v) is 13.1. The third-order valence-corrected chi connectivity index (χ3v) is 7.11. The van der Waals surface area contributed by atoms with Gasteiger partial charge in [0.2, 0.25) is 12.2 Å². The molecule has 5 rings (SSSR count). The molecule has 0 bridgehead atoms. The number of alkyl halides is 3. The first-order chi connectivity index (χ1) is 19.3. The van der Waals surface area contributed by atoms with Crippen LogP contribution in [0.15, 0.2) is 77.8 Å². The predicted octanol–water partition coefficient (Wildman–Crippen LogP) is 5.84. The summed E-state index contributed by atoms with van der Waals surface area (Å²) in [5.74, 6) is 1.72. The van der Waals surface area contributed by atoms with Crippen LogP contribution in [-0.4, -0.2) is 61.7 Å². The summed E-state index contributed by atoms with van der Waals surface area (Å²) in [7, 11) is 0. The van der Waals surface area contributed by atoms with Crippen molar-refractivity contribution in [3.63, 3.8) is 0 Å². The summed E-state index contributed by atoms with van der Waals surface area (Å²) in [5, 5.41) is 9.57. The number of benzene rings is 3. The van der Waals surface area contributed by atoms with E-state index in [4.69, 9.17) is 9.47 Å². The Labute approximate surface area is 231 Å². The van der Waals surface area contributed by atoms with E-state index in [0.717, 1.165) is 31.3 Å². The molecule has 10 heteroatoms. The molecule has 7 nitrogen and oxygen atoms in total. The van der Waals surface area contributed by atoms with E-state index >= 15 is 0 Å². The lowest BCUT2D eigenvalue weighted by atomic mass is 10.0. The summed E-state index contributed by atoms with van der Waals surface area (Å²) in [4.78, 5) is 10.2. The Morgan fingerprint density at radius 2 is 1.65 bits per heavy atom. The maximum Gasteiger partial charge on any atom is 0.416 e. The van der Waals surface area contributed by atoms with Crippen LogP contribution in [0.2, 0.25) is 0 Å². The molecule has 1 atom stereocenters. The minimum atomic E-state index is -4.46. The van der Waals surface area contributed by atoms with Gasteiger partial charge in [-0.05, 0) is 61.0 Å². The van der Waals surface area contributed by atoms with E-state index in [1.165, 1.54) is 12.1 Å². The Morgan fingerprint density at radius 3 is 2.30 bits per heavy atom. The van der Waals surface area contributed by atoms with Gasteiger partial charge >= 0.3 is 6.18 Å². The summed E-state index contributed by atoms with van der Waals surface area (Å²) in [6, 6.07) is 19.9. The van der Waals surface area contributed by atoms with Gasteiger partial charge in [0.15, 0.2) is 0 Å². The van der Waals surface area contributed by atoms with Crippen molar-refractivity contribution in [3.8, 4) is 17.7 Å². The topological polar surface area (TPSA) is 64.3 Å². The fraction of sp³-hybridized carbons (Fsp3) is 0.333. The Bertz CT molecular complexity index is 1360. The number of nitriles is 1. The fourth-order valence-corrected chi connectivity index (χ4v) is 5.00. The average Bonchev–Trinajstić information content (AvgIpc) is 3.32. The van der Waals surface area contributed by atoms with Crippen molar-refractivity contribution >= 4 is 11.6 Å². The van der Waals surface area contributed by atoms with Crippen molar-refractivity contribution in [2.24, 2.45) is 4.99 Å². The van der Waals surface area contributed by atoms with Gasteiger partial charge < -0.3 is 19.3 Å². The third kappa shape index (κ3) is 6.38. The number of hydrogen-bond acceptors (Lipinski definition) is 5. The third-order valence-electron chi connectivity index (χ3n) is 7.11. The van der Waals surface area contributed by atoms with E-state index in [1.807, 2.05) is 59.3 Å². The highest BCUT2D eigenvalue weighted by molar-refractivity contribution is 5.99. The number of halogens is 3. The van der Waals surface area contributed by atoms with Gasteiger partial charge in [0.25, 0.3) is 0 Å². The molecule has 2 saturated heterocycles. The van der Waals surface area contributed by atoms with Crippen LogP contribution in [-0.2, 0) is 10.9 Å². The molecule has 2 heterocycles. The molecule has 0 aliphatic carbocycles. The standard InChI is InChI=1S/C30H30F3N5O2/c1-22-5-9-26(10-6-22)40-27-11-7-25(8-12-27)38-28(23-3-2-4-24(19-23)30(31,32)33)20-37(29(38)35-21-34)14-13-36-15-17-39-18-16-36/h2-12,19,28H,13-18,20H2,1H3/b35-29+. The van der Waals surface area contributed by atoms with Gasteiger partial charge in [0, 0.05) is 38.4 Å². The van der Waals surface area contributed by atoms with E-state index in [0.29, 0.717) is 55.0 Å². The molecular formula is C30H30F3N5O2. The molecule has 0 spiro atoms. The zero-order valence-electron chi connectivity index (χ0n) is 22.1. The number of aliphatic imine (C=N–C) groups is 1. The molecule has 40 heavy (non-hydrogen) atoms. The minimum absolute atomic E-state index is 0.383. The molecule has 1 unspecified atom stereocenters. The molecule has 0 saturated carbocycles. The molecule has 2 aliphatic heterocycles. The molecule has 3 aromatic rings. The van der Waals surface area contributed by atoms with Crippen molar-refractivity contribution in [1.29, 1.82) is 5.26 Å². The maximum absolute atomic E-state index is 13.6. The summed E-state index contributed by atoms with van der Waals surface area (Å²) >= 11 is 0. The number of hydrogen-bond donors (Lipinski definition) is 0. The quantitative estimate of drug-likeness (QED) is 0.345. The second-order valence-corrected chi connectivity index (χ2v) is 9.83. The number of aryl methyl sites for hydroxylation is 1. The van der Waals surface area contributed by atoms with E-state index in [9.17, 15) is 18.4 Å². The highest BCUT2D eigenvalue weighted by Gasteiger charge is 2.39. The van der Waals surface area contributed by atoms with Crippen molar-refractivity contribution < 1.29 is 22.6 Å². The van der Waals surface area contributed by atoms with Gasteiger partial charge in [0.1, 0.15) is 11.5 Å². The van der Waals surface area contributed by atoms with Crippen LogP contribution in [0.25, 0.3) is 0 Å². The Hall–Kier alpha value is -4.07. The second kappa shape index (κ2) is 12.0. The first-order valence-electron chi connectivity index (χ1n) is 13.1. The van der Waals surface area contributed by atoms with Gasteiger partial charge in [-0.1, -0.05) is 29.8 Å². The molecule has 2 aliphatic rings. The van der Waals surface area contributed by atoms with Gasteiger partial charge in [-0.2, -0.15) is 18.4 Å². The molecule has 0 aromatic heterocycles. The number of morpholine rings is 1. The van der Waals surface area contributed by atoms with Gasteiger partial charge in [-0.3, -0.25) is 4.90 Å². The largest absolute Gasteiger partial charge is 0.457 e. The van der Waals surface area contributed by atoms with Crippen LogP contribution in [0.5, 0.6) is 11.5 Å². The smallest absolute Gasteiger partial charge is 0.416 e. The van der Waals surface area contributed by atoms with Crippen molar-refractivity contribution in [3.05, 3.63) is 89.5 Å². The average molecular weight is 550 g/mol. The lowest BCUT2D eigenvalue weighted by molar-refractivity contribution is -0.137. The summed E-state index contributed by atoms with van der Waals surface area (Å²) < 4.78 is 52.2. The van der Waals surface area contributed by atoms with Gasteiger partial charge in [-0.25, -0.2) is 0 Å². The molecule has 3 aromatic carbocycles. The fourth-order valence-electron chi connectivity index (χ4n) is 5.00. The molecule has 2 fully saturated rings. The first kappa shape index (κ1) is 27.5. The number of rotatable bonds is 7. The van der Waals surface area contributed by atoms with Crippen LogP contribution in [0.3, 0.4) is 0 Å². The lowest BCUT2D eigenvalue weighted by Crippen LogP contribution is -2.43. The van der Waals surface area contributed by atoms with Crippen LogP contribution in [0.1, 0.15) is 22.7 Å². The molecule has 0 amide bonds. The van der Waals surface area contributed by atoms with E-state index in [-0.39, 0.29) is 0 Å². The summed E-state index contributed by atoms with van der Waals surface area (Å²) in [5.41, 5.74) is 1.60. The highest BCUT2D eigenvalue weighted by Crippen LogP contribution is 2.38. The van der Waals surface area contributed by atoms with Crippen molar-refractivity contribution in [2.75, 3.05) is 50.8 Å². The zero-order valence-corrected chi connectivity index (χ0v) is 22.1. The lowest BCUT2D eigenvalue weighted by Gasteiger charge is -2.29. The van der Waals surface area contributed by atoms with E-state index < -0.39 is 17.8 Å². The SMILES string of the molecule is Cc1ccc(Oc2ccc(N3/C(=N/C#N)N(CCN4CCOCC4)CC3c3cccc(C(F)(F)F)c3)cc2)cc1. The number of nitrogens with zero attached hydrogens (tertiary/aromatic N) is 5. The van der Waals surface area contributed by atoms with Crippen LogP contribution < -0.4 is 9.64 Å². The Balaban J connectivity index is 1.46. The van der Waals surface area contributed by atoms with E-state index in [2.05, 4.69) is 9.89 Å². The van der Waals surface area contributed by atoms with Crippen LogP contribution in [0.4, 0.5) is 18.9 Å². The number of ether oxygens (including phenoxy) is 2. The maximum atomic E-state index is 13.6. The van der Waals surface area contributed by atoms with Crippen molar-refractivity contribution in [2.45, 2.75) is 19.1 Å². The monoisotopic (exact) mass is 549 g/mol. The molecule has 0 N–H and O–H groups in total. The zero-order chi connectivity index (χ0) is 28.1. The normalized spacial score (nSPS) is 19.2. The molecular weight excluding hydrogens is 519 g/mol. The van der Waals surface area contributed by atoms with Crippen LogP contribution in [0, 0.1) is 18.4 Å². The Morgan fingerprint density at radius 1 is 0.975 bits per heavy atom. The molecule has 0 radical (unpaired) electrons. The van der Waals surface area contributed by atoms with E-state index in [1.54, 1.807) is 18.2 Å². The highest BCUT2D eigenvalue weighted by atomic mass is 19.4. The number of anilines is 1. The number of guanidine groups is 1. The summed E-state index contributed by atoms with van der Waals surface area (Å²) in [6.07, 6.45) is -2.56. The summed E-state index contributed by atoms with van der Waals surface area (Å²) in [6.45, 7) is 6.61. The van der Waals surface area contributed by atoms with Gasteiger partial charge in [0.05, 0.1) is 24.8 Å². The minimum Gasteiger partial charge on any atom is -0.457 e. The van der Waals surface area contributed by atoms with Crippen molar-refractivity contribution in [1.82, 2.24) is 9.80 Å². The predicted molar refractivity (Wildman–Crippen MR) is 146 cm³/mol.